The van der Waals surface area contributed by atoms with Crippen LogP contribution in [-0.2, 0) is 0 Å². The Labute approximate surface area is 191 Å². The number of benzene rings is 2. The first-order chi connectivity index (χ1) is 15.9. The third kappa shape index (κ3) is 4.84. The van der Waals surface area contributed by atoms with E-state index in [-0.39, 0.29) is 29.1 Å². The molecule has 4 rings (SSSR count). The van der Waals surface area contributed by atoms with Crippen molar-refractivity contribution >= 4 is 23.2 Å². The number of amides is 2. The Bertz CT molecular complexity index is 1080. The smallest absolute Gasteiger partial charge is 0.293 e. The first kappa shape index (κ1) is 22.4. The van der Waals surface area contributed by atoms with Crippen molar-refractivity contribution in [3.63, 3.8) is 0 Å². The second-order valence-electron chi connectivity index (χ2n) is 8.06. The molecule has 1 heterocycles. The van der Waals surface area contributed by atoms with E-state index in [2.05, 4.69) is 5.32 Å². The van der Waals surface area contributed by atoms with Crippen molar-refractivity contribution in [1.29, 1.82) is 0 Å². The lowest BCUT2D eigenvalue weighted by Crippen LogP contribution is -2.49. The van der Waals surface area contributed by atoms with E-state index >= 15 is 0 Å². The molecule has 2 aliphatic rings. The highest BCUT2D eigenvalue weighted by Gasteiger charge is 2.29. The van der Waals surface area contributed by atoms with Gasteiger partial charge in [0.1, 0.15) is 5.69 Å². The first-order valence-electron chi connectivity index (χ1n) is 10.8. The van der Waals surface area contributed by atoms with Crippen LogP contribution in [0.2, 0.25) is 0 Å². The Morgan fingerprint density at radius 2 is 1.64 bits per heavy atom. The van der Waals surface area contributed by atoms with Crippen molar-refractivity contribution in [2.24, 2.45) is 0 Å². The van der Waals surface area contributed by atoms with Crippen LogP contribution in [0, 0.1) is 10.1 Å². The minimum Gasteiger partial charge on any atom is -0.493 e. The van der Waals surface area contributed by atoms with Gasteiger partial charge >= 0.3 is 0 Å². The number of hydrogen-bond acceptors (Lipinski definition) is 7. The van der Waals surface area contributed by atoms with Crippen LogP contribution in [-0.4, -0.2) is 68.1 Å². The van der Waals surface area contributed by atoms with Crippen molar-refractivity contribution in [2.45, 2.75) is 18.9 Å². The molecule has 0 atom stereocenters. The average molecular weight is 454 g/mol. The molecule has 0 unspecified atom stereocenters. The molecule has 2 aromatic carbocycles. The molecule has 1 saturated heterocycles. The van der Waals surface area contributed by atoms with E-state index < -0.39 is 4.92 Å². The van der Waals surface area contributed by atoms with E-state index in [1.54, 1.807) is 35.2 Å². The molecule has 2 aromatic rings. The number of methoxy groups -OCH3 is 2. The zero-order valence-electron chi connectivity index (χ0n) is 18.6. The SMILES string of the molecule is COc1ccc(C(=O)N2CCN(c3ccc(C(=O)NC4CC4)cc3[N+](=O)[O-])CC2)cc1OC. The summed E-state index contributed by atoms with van der Waals surface area (Å²) in [6.07, 6.45) is 1.89. The highest BCUT2D eigenvalue weighted by atomic mass is 16.6. The van der Waals surface area contributed by atoms with Crippen LogP contribution in [0.15, 0.2) is 36.4 Å². The van der Waals surface area contributed by atoms with Gasteiger partial charge in [0.15, 0.2) is 11.5 Å². The summed E-state index contributed by atoms with van der Waals surface area (Å²) in [7, 11) is 3.04. The molecule has 1 aliphatic heterocycles. The van der Waals surface area contributed by atoms with Crippen molar-refractivity contribution in [1.82, 2.24) is 10.2 Å². The molecule has 0 spiro atoms. The molecule has 1 N–H and O–H groups in total. The molecule has 1 saturated carbocycles. The maximum Gasteiger partial charge on any atom is 0.293 e. The van der Waals surface area contributed by atoms with Gasteiger partial charge < -0.3 is 24.6 Å². The van der Waals surface area contributed by atoms with E-state index in [0.717, 1.165) is 12.8 Å². The molecule has 10 nitrogen and oxygen atoms in total. The monoisotopic (exact) mass is 454 g/mol. The van der Waals surface area contributed by atoms with E-state index in [0.29, 0.717) is 48.9 Å². The summed E-state index contributed by atoms with van der Waals surface area (Å²) in [6, 6.07) is 9.75. The maximum atomic E-state index is 13.0. The van der Waals surface area contributed by atoms with Crippen LogP contribution >= 0.6 is 0 Å². The number of carbonyl (C=O) groups excluding carboxylic acids is 2. The highest BCUT2D eigenvalue weighted by molar-refractivity contribution is 5.96. The Morgan fingerprint density at radius 3 is 2.24 bits per heavy atom. The van der Waals surface area contributed by atoms with Crippen LogP contribution < -0.4 is 19.7 Å². The van der Waals surface area contributed by atoms with E-state index in [4.69, 9.17) is 9.47 Å². The van der Waals surface area contributed by atoms with E-state index in [1.807, 2.05) is 4.90 Å². The van der Waals surface area contributed by atoms with Gasteiger partial charge in [-0.15, -0.1) is 0 Å². The zero-order chi connectivity index (χ0) is 23.5. The van der Waals surface area contributed by atoms with Crippen LogP contribution in [0.25, 0.3) is 0 Å². The molecule has 0 radical (unpaired) electrons. The zero-order valence-corrected chi connectivity index (χ0v) is 18.6. The Balaban J connectivity index is 1.45. The number of nitrogens with one attached hydrogen (secondary N) is 1. The lowest BCUT2D eigenvalue weighted by atomic mass is 10.1. The minimum atomic E-state index is -0.468. The molecular weight excluding hydrogens is 428 g/mol. The van der Waals surface area contributed by atoms with E-state index in [9.17, 15) is 19.7 Å². The third-order valence-corrected chi connectivity index (χ3v) is 5.88. The number of piperazine rings is 1. The largest absolute Gasteiger partial charge is 0.493 e. The van der Waals surface area contributed by atoms with E-state index in [1.165, 1.54) is 20.3 Å². The second-order valence-corrected chi connectivity index (χ2v) is 8.06. The number of anilines is 1. The molecule has 10 heteroatoms. The summed E-state index contributed by atoms with van der Waals surface area (Å²) < 4.78 is 10.5. The quantitative estimate of drug-likeness (QED) is 0.505. The predicted molar refractivity (Wildman–Crippen MR) is 121 cm³/mol. The van der Waals surface area contributed by atoms with Gasteiger partial charge in [-0.1, -0.05) is 0 Å². The lowest BCUT2D eigenvalue weighted by Gasteiger charge is -2.36. The number of carbonyl (C=O) groups is 2. The van der Waals surface area contributed by atoms with Crippen molar-refractivity contribution in [3.8, 4) is 11.5 Å². The molecule has 1 aliphatic carbocycles. The van der Waals surface area contributed by atoms with Crippen LogP contribution in [0.5, 0.6) is 11.5 Å². The summed E-state index contributed by atoms with van der Waals surface area (Å²) in [6.45, 7) is 1.70. The summed E-state index contributed by atoms with van der Waals surface area (Å²) in [5.41, 5.74) is 1.09. The molecular formula is C23H26N4O6. The van der Waals surface area contributed by atoms with Gasteiger partial charge in [0.05, 0.1) is 19.1 Å². The lowest BCUT2D eigenvalue weighted by molar-refractivity contribution is -0.384. The standard InChI is InChI=1S/C23H26N4O6/c1-32-20-8-4-16(14-21(20)33-2)23(29)26-11-9-25(10-12-26)18-7-3-15(13-19(18)27(30)31)22(28)24-17-5-6-17/h3-4,7-8,13-14,17H,5-6,9-12H2,1-2H3,(H,24,28). The van der Waals surface area contributed by atoms with Gasteiger partial charge in [-0.05, 0) is 43.2 Å². The summed E-state index contributed by atoms with van der Waals surface area (Å²) >= 11 is 0. The Kier molecular flexibility index (Phi) is 6.34. The number of nitro benzene ring substituents is 1. The highest BCUT2D eigenvalue weighted by Crippen LogP contribution is 2.32. The molecule has 2 fully saturated rings. The minimum absolute atomic E-state index is 0.113. The number of ether oxygens (including phenoxy) is 2. The normalized spacial score (nSPS) is 15.7. The first-order valence-corrected chi connectivity index (χ1v) is 10.8. The number of hydrogen-bond donors (Lipinski definition) is 1. The van der Waals surface area contributed by atoms with Crippen LogP contribution in [0.3, 0.4) is 0 Å². The molecule has 0 aromatic heterocycles. The second kappa shape index (κ2) is 9.35. The van der Waals surface area contributed by atoms with Crippen molar-refractivity contribution in [2.75, 3.05) is 45.3 Å². The van der Waals surface area contributed by atoms with Crippen LogP contribution in [0.4, 0.5) is 11.4 Å². The molecule has 0 bridgehead atoms. The fourth-order valence-electron chi connectivity index (χ4n) is 3.88. The summed E-state index contributed by atoms with van der Waals surface area (Å²) in [5.74, 6) is 0.582. The molecule has 33 heavy (non-hydrogen) atoms. The number of nitrogens with zero attached hydrogens (tertiary/aromatic N) is 3. The molecule has 174 valence electrons. The predicted octanol–water partition coefficient (Wildman–Crippen LogP) is 2.47. The Hall–Kier alpha value is -3.82. The summed E-state index contributed by atoms with van der Waals surface area (Å²) in [4.78, 5) is 40.1. The van der Waals surface area contributed by atoms with Gasteiger partial charge in [-0.25, -0.2) is 0 Å². The van der Waals surface area contributed by atoms with Gasteiger partial charge in [0, 0.05) is 49.4 Å². The van der Waals surface area contributed by atoms with Crippen LogP contribution in [0.1, 0.15) is 33.6 Å². The Morgan fingerprint density at radius 1 is 0.970 bits per heavy atom. The van der Waals surface area contributed by atoms with Gasteiger partial charge in [-0.2, -0.15) is 0 Å². The van der Waals surface area contributed by atoms with Crippen molar-refractivity contribution in [3.05, 3.63) is 57.6 Å². The fraction of sp³-hybridized carbons (Fsp3) is 0.391. The molecule has 2 amide bonds. The topological polar surface area (TPSA) is 114 Å². The van der Waals surface area contributed by atoms with Gasteiger partial charge in [0.25, 0.3) is 17.5 Å². The number of nitro groups is 1. The summed E-state index contributed by atoms with van der Waals surface area (Å²) in [5, 5.41) is 14.6. The fourth-order valence-corrected chi connectivity index (χ4v) is 3.88. The third-order valence-electron chi connectivity index (χ3n) is 5.88. The van der Waals surface area contributed by atoms with Gasteiger partial charge in [0.2, 0.25) is 0 Å². The number of rotatable bonds is 7. The van der Waals surface area contributed by atoms with Crippen molar-refractivity contribution < 1.29 is 24.0 Å². The maximum absolute atomic E-state index is 13.0. The average Bonchev–Trinajstić information content (AvgIpc) is 3.66. The van der Waals surface area contributed by atoms with Gasteiger partial charge in [-0.3, -0.25) is 19.7 Å².